The number of likely N-dealkylation sites (tertiary alicyclic amines) is 1. The minimum Gasteiger partial charge on any atom is -0.343 e. The first-order chi connectivity index (χ1) is 11.0. The van der Waals surface area contributed by atoms with E-state index in [4.69, 9.17) is 0 Å². The number of benzene rings is 1. The summed E-state index contributed by atoms with van der Waals surface area (Å²) >= 11 is 0. The predicted molar refractivity (Wildman–Crippen MR) is 93.4 cm³/mol. The van der Waals surface area contributed by atoms with Crippen LogP contribution in [-0.2, 0) is 15.0 Å². The Bertz CT molecular complexity index is 522. The Morgan fingerprint density at radius 2 is 1.87 bits per heavy atom. The minimum absolute atomic E-state index is 0.128. The van der Waals surface area contributed by atoms with Gasteiger partial charge in [0.05, 0.1) is 0 Å². The lowest BCUT2D eigenvalue weighted by atomic mass is 9.79. The first-order valence-corrected chi connectivity index (χ1v) is 8.84. The molecule has 0 bridgehead atoms. The highest BCUT2D eigenvalue weighted by molar-refractivity contribution is 5.80. The molecule has 1 heterocycles. The molecule has 0 atom stereocenters. The molecule has 1 aromatic rings. The number of carbonyl (C=O) groups is 2. The molecule has 0 spiro atoms. The molecule has 0 unspecified atom stereocenters. The van der Waals surface area contributed by atoms with Gasteiger partial charge in [-0.25, -0.2) is 0 Å². The highest BCUT2D eigenvalue weighted by Gasteiger charge is 2.24. The quantitative estimate of drug-likeness (QED) is 0.759. The second kappa shape index (κ2) is 8.28. The van der Waals surface area contributed by atoms with E-state index in [1.807, 2.05) is 23.1 Å². The fourth-order valence-electron chi connectivity index (χ4n) is 3.31. The van der Waals surface area contributed by atoms with Crippen LogP contribution >= 0.6 is 0 Å². The zero-order valence-corrected chi connectivity index (χ0v) is 14.5. The highest BCUT2D eigenvalue weighted by atomic mass is 16.2. The highest BCUT2D eigenvalue weighted by Crippen LogP contribution is 2.27. The Hall–Kier alpha value is -1.64. The van der Waals surface area contributed by atoms with Crippen LogP contribution in [0.25, 0.3) is 0 Å². The second-order valence-corrected chi connectivity index (χ2v) is 7.26. The van der Waals surface area contributed by atoms with Crippen LogP contribution in [-0.4, -0.2) is 29.7 Å². The van der Waals surface area contributed by atoms with Crippen molar-refractivity contribution in [1.82, 2.24) is 4.90 Å². The molecule has 1 saturated heterocycles. The van der Waals surface area contributed by atoms with Gasteiger partial charge in [0.25, 0.3) is 0 Å². The zero-order chi connectivity index (χ0) is 16.7. The molecule has 0 N–H and O–H groups in total. The molecule has 0 aromatic heterocycles. The van der Waals surface area contributed by atoms with Crippen molar-refractivity contribution < 1.29 is 9.59 Å². The van der Waals surface area contributed by atoms with E-state index in [0.717, 1.165) is 38.8 Å². The van der Waals surface area contributed by atoms with E-state index in [1.165, 1.54) is 5.56 Å². The van der Waals surface area contributed by atoms with Gasteiger partial charge in [-0.1, -0.05) is 50.6 Å². The molecule has 3 nitrogen and oxygen atoms in total. The fraction of sp³-hybridized carbons (Fsp3) is 0.600. The van der Waals surface area contributed by atoms with Gasteiger partial charge in [0, 0.05) is 32.4 Å². The van der Waals surface area contributed by atoms with Crippen LogP contribution in [0.15, 0.2) is 30.3 Å². The summed E-state index contributed by atoms with van der Waals surface area (Å²) in [5.41, 5.74) is 1.08. The molecule has 1 aromatic carbocycles. The number of nitrogens with zero attached hydrogens (tertiary/aromatic N) is 1. The van der Waals surface area contributed by atoms with Crippen LogP contribution in [0.4, 0.5) is 0 Å². The molecule has 23 heavy (non-hydrogen) atoms. The van der Waals surface area contributed by atoms with Gasteiger partial charge < -0.3 is 4.90 Å². The first kappa shape index (κ1) is 17.7. The summed E-state index contributed by atoms with van der Waals surface area (Å²) < 4.78 is 0. The monoisotopic (exact) mass is 315 g/mol. The number of rotatable bonds is 7. The lowest BCUT2D eigenvalue weighted by Crippen LogP contribution is -2.31. The van der Waals surface area contributed by atoms with E-state index in [9.17, 15) is 9.59 Å². The minimum atomic E-state index is -0.128. The van der Waals surface area contributed by atoms with Crippen LogP contribution in [0.5, 0.6) is 0 Å². The Labute approximate surface area is 140 Å². The van der Waals surface area contributed by atoms with Crippen molar-refractivity contribution in [1.29, 1.82) is 0 Å². The maximum atomic E-state index is 12.3. The number of carbonyl (C=O) groups excluding carboxylic acids is 2. The third-order valence-corrected chi connectivity index (χ3v) is 4.75. The van der Waals surface area contributed by atoms with Crippen LogP contribution in [0, 0.1) is 0 Å². The standard InChI is InChI=1S/C20H29NO2/c1-20(2,17-10-5-3-6-11-17)16-18(22)12-9-15-21-14-8-4-7-13-19(21)23/h3,5-6,10-11H,4,7-9,12-16H2,1-2H3. The van der Waals surface area contributed by atoms with Crippen molar-refractivity contribution in [3.63, 3.8) is 0 Å². The summed E-state index contributed by atoms with van der Waals surface area (Å²) in [6.07, 6.45) is 5.85. The average molecular weight is 315 g/mol. The third kappa shape index (κ3) is 5.49. The first-order valence-electron chi connectivity index (χ1n) is 8.84. The molecular weight excluding hydrogens is 286 g/mol. The molecule has 0 radical (unpaired) electrons. The summed E-state index contributed by atoms with van der Waals surface area (Å²) in [7, 11) is 0. The van der Waals surface area contributed by atoms with Gasteiger partial charge in [0.2, 0.25) is 5.91 Å². The molecular formula is C20H29NO2. The van der Waals surface area contributed by atoms with Crippen LogP contribution in [0.3, 0.4) is 0 Å². The Balaban J connectivity index is 1.77. The average Bonchev–Trinajstić information content (AvgIpc) is 2.73. The predicted octanol–water partition coefficient (Wildman–Crippen LogP) is 4.11. The molecule has 3 heteroatoms. The van der Waals surface area contributed by atoms with Gasteiger partial charge >= 0.3 is 0 Å². The van der Waals surface area contributed by atoms with Crippen molar-refractivity contribution in [3.05, 3.63) is 35.9 Å². The number of amides is 1. The molecule has 1 amide bonds. The fourth-order valence-corrected chi connectivity index (χ4v) is 3.31. The Kier molecular flexibility index (Phi) is 6.37. The lowest BCUT2D eigenvalue weighted by molar-refractivity contribution is -0.131. The zero-order valence-electron chi connectivity index (χ0n) is 14.5. The third-order valence-electron chi connectivity index (χ3n) is 4.75. The van der Waals surface area contributed by atoms with Gasteiger partial charge in [-0.2, -0.15) is 0 Å². The Morgan fingerprint density at radius 3 is 2.61 bits per heavy atom. The largest absolute Gasteiger partial charge is 0.343 e. The Morgan fingerprint density at radius 1 is 1.13 bits per heavy atom. The van der Waals surface area contributed by atoms with Gasteiger partial charge in [0.15, 0.2) is 0 Å². The van der Waals surface area contributed by atoms with Crippen LogP contribution in [0.2, 0.25) is 0 Å². The van der Waals surface area contributed by atoms with Crippen LogP contribution < -0.4 is 0 Å². The molecule has 2 rings (SSSR count). The molecule has 0 saturated carbocycles. The van der Waals surface area contributed by atoms with Gasteiger partial charge in [-0.15, -0.1) is 0 Å². The normalized spacial score (nSPS) is 16.3. The van der Waals surface area contributed by atoms with Crippen molar-refractivity contribution in [3.8, 4) is 0 Å². The number of hydrogen-bond acceptors (Lipinski definition) is 2. The van der Waals surface area contributed by atoms with Gasteiger partial charge in [-0.05, 0) is 30.2 Å². The molecule has 126 valence electrons. The molecule has 1 aliphatic heterocycles. The van der Waals surface area contributed by atoms with Gasteiger partial charge in [0.1, 0.15) is 5.78 Å². The van der Waals surface area contributed by atoms with Gasteiger partial charge in [-0.3, -0.25) is 9.59 Å². The molecule has 0 aliphatic carbocycles. The van der Waals surface area contributed by atoms with Crippen molar-refractivity contribution in [2.24, 2.45) is 0 Å². The summed E-state index contributed by atoms with van der Waals surface area (Å²) in [5.74, 6) is 0.556. The van der Waals surface area contributed by atoms with Crippen molar-refractivity contribution in [2.75, 3.05) is 13.1 Å². The summed E-state index contributed by atoms with van der Waals surface area (Å²) in [4.78, 5) is 26.2. The summed E-state index contributed by atoms with van der Waals surface area (Å²) in [5, 5.41) is 0. The van der Waals surface area contributed by atoms with E-state index >= 15 is 0 Å². The maximum Gasteiger partial charge on any atom is 0.222 e. The topological polar surface area (TPSA) is 37.4 Å². The number of hydrogen-bond donors (Lipinski definition) is 0. The second-order valence-electron chi connectivity index (χ2n) is 7.26. The lowest BCUT2D eigenvalue weighted by Gasteiger charge is -2.25. The van der Waals surface area contributed by atoms with Crippen molar-refractivity contribution in [2.45, 2.75) is 64.2 Å². The van der Waals surface area contributed by atoms with E-state index in [0.29, 0.717) is 25.0 Å². The summed E-state index contributed by atoms with van der Waals surface area (Å²) in [6, 6.07) is 10.2. The number of ketones is 1. The van der Waals surface area contributed by atoms with E-state index in [1.54, 1.807) is 0 Å². The SMILES string of the molecule is CC(C)(CC(=O)CCCN1CCCCCC1=O)c1ccccc1. The van der Waals surface area contributed by atoms with E-state index < -0.39 is 0 Å². The van der Waals surface area contributed by atoms with Crippen molar-refractivity contribution >= 4 is 11.7 Å². The van der Waals surface area contributed by atoms with Crippen LogP contribution in [0.1, 0.15) is 64.4 Å². The molecule has 1 fully saturated rings. The number of Topliss-reactive ketones (excluding diaryl/α,β-unsaturated/α-hetero) is 1. The van der Waals surface area contributed by atoms with E-state index in [-0.39, 0.29) is 11.3 Å². The summed E-state index contributed by atoms with van der Waals surface area (Å²) in [6.45, 7) is 5.84. The maximum absolute atomic E-state index is 12.3. The molecule has 1 aliphatic rings. The smallest absolute Gasteiger partial charge is 0.222 e. The van der Waals surface area contributed by atoms with E-state index in [2.05, 4.69) is 26.0 Å².